The van der Waals surface area contributed by atoms with Crippen LogP contribution in [0.1, 0.15) is 27.0 Å². The number of morpholine rings is 2. The van der Waals surface area contributed by atoms with E-state index in [0.29, 0.717) is 64.7 Å². The van der Waals surface area contributed by atoms with Crippen LogP contribution in [0.3, 0.4) is 0 Å². The Hall–Kier alpha value is -2.46. The Morgan fingerprint density at radius 1 is 0.939 bits per heavy atom. The van der Waals surface area contributed by atoms with Crippen molar-refractivity contribution in [2.45, 2.75) is 25.3 Å². The molecule has 8 nitrogen and oxygen atoms in total. The van der Waals surface area contributed by atoms with Crippen LogP contribution in [0.25, 0.3) is 0 Å². The zero-order valence-electron chi connectivity index (χ0n) is 19.2. The Balaban J connectivity index is 1.63. The summed E-state index contributed by atoms with van der Waals surface area (Å²) in [7, 11) is -3.71. The number of hydrogen-bond donors (Lipinski definition) is 1. The number of hydrogen-bond acceptors (Lipinski definition) is 6. The summed E-state index contributed by atoms with van der Waals surface area (Å²) in [6.07, 6.45) is 0. The van der Waals surface area contributed by atoms with Gasteiger partial charge in [0.05, 0.1) is 36.9 Å². The Kier molecular flexibility index (Phi) is 7.33. The summed E-state index contributed by atoms with van der Waals surface area (Å²) in [5, 5.41) is 2.99. The van der Waals surface area contributed by atoms with Crippen molar-refractivity contribution >= 4 is 21.6 Å². The highest BCUT2D eigenvalue weighted by molar-refractivity contribution is 7.89. The van der Waals surface area contributed by atoms with Crippen molar-refractivity contribution in [3.63, 3.8) is 0 Å². The SMILES string of the molecule is Cc1ccc(CNC(=O)c2cc(S(=O)(=O)N3CCOCC3)ccc2N2CCOCC2)c(C)c1. The molecule has 0 spiro atoms. The highest BCUT2D eigenvalue weighted by Crippen LogP contribution is 2.27. The maximum atomic E-state index is 13.3. The van der Waals surface area contributed by atoms with Gasteiger partial charge in [0.15, 0.2) is 0 Å². The third-order valence-electron chi connectivity index (χ3n) is 6.11. The van der Waals surface area contributed by atoms with E-state index >= 15 is 0 Å². The maximum Gasteiger partial charge on any atom is 0.253 e. The minimum absolute atomic E-state index is 0.123. The molecular weight excluding hydrogens is 442 g/mol. The standard InChI is InChI=1S/C24H31N3O5S/c1-18-3-4-20(19(2)15-18)17-25-24(28)22-16-21(33(29,30)27-9-13-32-14-10-27)5-6-23(22)26-7-11-31-12-8-26/h3-6,15-16H,7-14,17H2,1-2H3,(H,25,28). The molecule has 2 heterocycles. The molecule has 2 aliphatic rings. The molecule has 2 aliphatic heterocycles. The topological polar surface area (TPSA) is 88.2 Å². The Bertz CT molecular complexity index is 1110. The molecule has 0 unspecified atom stereocenters. The minimum Gasteiger partial charge on any atom is -0.379 e. The van der Waals surface area contributed by atoms with Crippen LogP contribution in [0.15, 0.2) is 41.3 Å². The van der Waals surface area contributed by atoms with Crippen LogP contribution in [0, 0.1) is 13.8 Å². The second-order valence-electron chi connectivity index (χ2n) is 8.41. The quantitative estimate of drug-likeness (QED) is 0.691. The van der Waals surface area contributed by atoms with E-state index < -0.39 is 10.0 Å². The van der Waals surface area contributed by atoms with Gasteiger partial charge in [0.2, 0.25) is 10.0 Å². The van der Waals surface area contributed by atoms with Crippen molar-refractivity contribution in [3.05, 3.63) is 58.7 Å². The van der Waals surface area contributed by atoms with Gasteiger partial charge in [-0.15, -0.1) is 0 Å². The molecule has 2 aromatic carbocycles. The number of nitrogens with zero attached hydrogens (tertiary/aromatic N) is 2. The number of anilines is 1. The summed E-state index contributed by atoms with van der Waals surface area (Å²) < 4.78 is 38.6. The molecule has 9 heteroatoms. The first-order valence-electron chi connectivity index (χ1n) is 11.3. The second kappa shape index (κ2) is 10.2. The van der Waals surface area contributed by atoms with Gasteiger partial charge < -0.3 is 19.7 Å². The van der Waals surface area contributed by atoms with Gasteiger partial charge in [-0.2, -0.15) is 4.31 Å². The van der Waals surface area contributed by atoms with Crippen molar-refractivity contribution in [2.24, 2.45) is 0 Å². The van der Waals surface area contributed by atoms with Gasteiger partial charge in [-0.3, -0.25) is 4.79 Å². The average Bonchev–Trinajstić information content (AvgIpc) is 2.84. The van der Waals surface area contributed by atoms with E-state index in [2.05, 4.69) is 16.3 Å². The van der Waals surface area contributed by atoms with Crippen LogP contribution >= 0.6 is 0 Å². The zero-order valence-corrected chi connectivity index (χ0v) is 20.0. The molecule has 0 aromatic heterocycles. The zero-order chi connectivity index (χ0) is 23.4. The fourth-order valence-corrected chi connectivity index (χ4v) is 5.62. The van der Waals surface area contributed by atoms with Crippen LogP contribution < -0.4 is 10.2 Å². The van der Waals surface area contributed by atoms with Gasteiger partial charge >= 0.3 is 0 Å². The van der Waals surface area contributed by atoms with Gasteiger partial charge in [-0.1, -0.05) is 23.8 Å². The summed E-state index contributed by atoms with van der Waals surface area (Å²) in [4.78, 5) is 15.5. The van der Waals surface area contributed by atoms with Crippen molar-refractivity contribution in [1.82, 2.24) is 9.62 Å². The van der Waals surface area contributed by atoms with Crippen LogP contribution in [0.2, 0.25) is 0 Å². The molecule has 0 saturated carbocycles. The van der Waals surface area contributed by atoms with Crippen LogP contribution in [-0.2, 0) is 26.0 Å². The fraction of sp³-hybridized carbons (Fsp3) is 0.458. The molecule has 0 radical (unpaired) electrons. The van der Waals surface area contributed by atoms with E-state index in [0.717, 1.165) is 16.8 Å². The predicted molar refractivity (Wildman–Crippen MR) is 126 cm³/mol. The van der Waals surface area contributed by atoms with E-state index in [4.69, 9.17) is 9.47 Å². The van der Waals surface area contributed by atoms with Gasteiger partial charge in [-0.05, 0) is 43.2 Å². The van der Waals surface area contributed by atoms with Gasteiger partial charge in [0.1, 0.15) is 0 Å². The number of nitrogens with one attached hydrogen (secondary N) is 1. The molecule has 33 heavy (non-hydrogen) atoms. The van der Waals surface area contributed by atoms with Crippen molar-refractivity contribution in [2.75, 3.05) is 57.5 Å². The highest BCUT2D eigenvalue weighted by atomic mass is 32.2. The Labute approximate surface area is 195 Å². The third kappa shape index (κ3) is 5.38. The highest BCUT2D eigenvalue weighted by Gasteiger charge is 2.29. The molecule has 0 bridgehead atoms. The first-order chi connectivity index (χ1) is 15.9. The average molecular weight is 474 g/mol. The summed E-state index contributed by atoms with van der Waals surface area (Å²) in [5.74, 6) is -0.296. The maximum absolute atomic E-state index is 13.3. The Morgan fingerprint density at radius 2 is 1.61 bits per heavy atom. The largest absolute Gasteiger partial charge is 0.379 e. The normalized spacial score (nSPS) is 17.7. The summed E-state index contributed by atoms with van der Waals surface area (Å²) in [6.45, 7) is 8.20. The van der Waals surface area contributed by atoms with Crippen molar-refractivity contribution in [3.8, 4) is 0 Å². The summed E-state index contributed by atoms with van der Waals surface area (Å²) in [6, 6.07) is 10.9. The number of carbonyl (C=O) groups excluding carboxylic acids is 1. The predicted octanol–water partition coefficient (Wildman–Crippen LogP) is 2.09. The summed E-state index contributed by atoms with van der Waals surface area (Å²) in [5.41, 5.74) is 4.37. The first-order valence-corrected chi connectivity index (χ1v) is 12.7. The molecule has 1 amide bonds. The van der Waals surface area contributed by atoms with Crippen LogP contribution in [0.5, 0.6) is 0 Å². The van der Waals surface area contributed by atoms with E-state index in [1.54, 1.807) is 12.1 Å². The molecule has 0 aliphatic carbocycles. The lowest BCUT2D eigenvalue weighted by atomic mass is 10.1. The summed E-state index contributed by atoms with van der Waals surface area (Å²) >= 11 is 0. The monoisotopic (exact) mass is 473 g/mol. The van der Waals surface area contributed by atoms with Crippen LogP contribution in [0.4, 0.5) is 5.69 Å². The Morgan fingerprint density at radius 3 is 2.27 bits per heavy atom. The minimum atomic E-state index is -3.71. The van der Waals surface area contributed by atoms with Gasteiger partial charge in [0.25, 0.3) is 5.91 Å². The van der Waals surface area contributed by atoms with Gasteiger partial charge in [0, 0.05) is 38.4 Å². The van der Waals surface area contributed by atoms with Crippen LogP contribution in [-0.4, -0.2) is 71.2 Å². The molecular formula is C24H31N3O5S. The lowest BCUT2D eigenvalue weighted by Crippen LogP contribution is -2.41. The molecule has 178 valence electrons. The number of ether oxygens (including phenoxy) is 2. The molecule has 1 N–H and O–H groups in total. The number of sulfonamides is 1. The second-order valence-corrected chi connectivity index (χ2v) is 10.3. The third-order valence-corrected chi connectivity index (χ3v) is 8.00. The lowest BCUT2D eigenvalue weighted by Gasteiger charge is -2.31. The lowest BCUT2D eigenvalue weighted by molar-refractivity contribution is 0.0730. The number of aryl methyl sites for hydroxylation is 2. The first kappa shape index (κ1) is 23.7. The number of amides is 1. The molecule has 0 atom stereocenters. The number of rotatable bonds is 6. The molecule has 2 aromatic rings. The van der Waals surface area contributed by atoms with E-state index in [1.807, 2.05) is 26.0 Å². The van der Waals surface area contributed by atoms with Crippen molar-refractivity contribution < 1.29 is 22.7 Å². The number of benzene rings is 2. The smallest absolute Gasteiger partial charge is 0.253 e. The van der Waals surface area contributed by atoms with Crippen molar-refractivity contribution in [1.29, 1.82) is 0 Å². The fourth-order valence-electron chi connectivity index (χ4n) is 4.19. The molecule has 2 fully saturated rings. The van der Waals surface area contributed by atoms with E-state index in [9.17, 15) is 13.2 Å². The van der Waals surface area contributed by atoms with Gasteiger partial charge in [-0.25, -0.2) is 8.42 Å². The molecule has 4 rings (SSSR count). The molecule has 2 saturated heterocycles. The van der Waals surface area contributed by atoms with E-state index in [1.165, 1.54) is 15.9 Å². The van der Waals surface area contributed by atoms with E-state index in [-0.39, 0.29) is 10.8 Å². The number of carbonyl (C=O) groups is 1.